The Kier molecular flexibility index (Phi) is 13.1. The Balaban J connectivity index is 0.897. The maximum atomic E-state index is 14.3. The highest BCUT2D eigenvalue weighted by Crippen LogP contribution is 2.54. The normalized spacial score (nSPS) is 23.6. The number of aromatic nitrogens is 2. The number of hydrogen-bond donors (Lipinski definition) is 4. The van der Waals surface area contributed by atoms with Crippen LogP contribution in [0.5, 0.6) is 23.1 Å². The number of nitrogens with one attached hydrogen (secondary N) is 3. The number of fused-ring (bicyclic) bond motifs is 2. The van der Waals surface area contributed by atoms with Crippen LogP contribution in [0.15, 0.2) is 77.8 Å². The molecule has 2 aromatic heterocycles. The largest absolute Gasteiger partial charge is 0.489 e. The first-order valence-electron chi connectivity index (χ1n) is 24.8. The molecule has 0 radical (unpaired) electrons. The number of nitrogens with zero attached hydrogens (tertiary/aromatic N) is 4. The summed E-state index contributed by atoms with van der Waals surface area (Å²) in [6, 6.07) is 19.0. The summed E-state index contributed by atoms with van der Waals surface area (Å²) >= 11 is 0. The monoisotopic (exact) mass is 1020 g/mol. The molecule has 20 heteroatoms. The number of sulfonamides is 1. The zero-order valence-corrected chi connectivity index (χ0v) is 41.3. The first kappa shape index (κ1) is 49.5. The molecule has 10 rings (SSSR count). The molecule has 4 fully saturated rings. The molecule has 16 nitrogen and oxygen atoms in total. The average molecular weight is 1020 g/mol. The number of hydrogen-bond acceptors (Lipinski definition) is 13. The Morgan fingerprint density at radius 1 is 1.01 bits per heavy atom. The number of rotatable bonds is 13. The van der Waals surface area contributed by atoms with Crippen LogP contribution in [-0.4, -0.2) is 95.9 Å². The summed E-state index contributed by atoms with van der Waals surface area (Å²) in [5, 5.41) is 26.6. The number of ether oxygens (including phenoxy) is 3. The molecule has 384 valence electrons. The molecule has 1 amide bonds. The number of aromatic amines is 1. The fourth-order valence-corrected chi connectivity index (χ4v) is 12.8. The van der Waals surface area contributed by atoms with Crippen molar-refractivity contribution in [2.24, 2.45) is 11.3 Å². The Morgan fingerprint density at radius 3 is 2.49 bits per heavy atom. The number of carbonyl (C=O) groups is 1. The smallest absolute Gasteiger partial charge is 0.422 e. The highest BCUT2D eigenvalue weighted by atomic mass is 32.2. The molecule has 2 aliphatic carbocycles. The van der Waals surface area contributed by atoms with Crippen LogP contribution in [0, 0.1) is 21.4 Å². The summed E-state index contributed by atoms with van der Waals surface area (Å²) in [4.78, 5) is 37.3. The topological polar surface area (TPSA) is 201 Å². The lowest BCUT2D eigenvalue weighted by atomic mass is 9.59. The minimum absolute atomic E-state index is 0.00549. The summed E-state index contributed by atoms with van der Waals surface area (Å²) in [5.41, 5.74) is 2.22. The number of nitro benzene ring substituents is 1. The van der Waals surface area contributed by atoms with Crippen molar-refractivity contribution >= 4 is 44.0 Å². The zero-order valence-electron chi connectivity index (χ0n) is 40.5. The van der Waals surface area contributed by atoms with E-state index in [1.54, 1.807) is 25.1 Å². The fourth-order valence-electron chi connectivity index (χ4n) is 11.8. The van der Waals surface area contributed by atoms with Gasteiger partial charge in [-0.05, 0) is 130 Å². The predicted octanol–water partition coefficient (Wildman–Crippen LogP) is 10.1. The standard InChI is InChI=1S/C52H60F3N7O9S/c1-31(2)37-7-4-5-8-38(37)41-9-6-20-61(41)35-27-51(28-35)17-21-60(22-18-51)34-10-11-39(43(24-34)71-45-23-33-14-19-56-47(33)58-49(45)70-30-52(53,54)55)48(63)59-72(67,68)36-25-42(62(65)66)46-44(26-36)69-29-40(57-46)32-12-15-50(3,64)16-13-32/h4-5,7-8,10-11,14,19,23-26,31-32,35,40-41,57,64H,6,9,12-13,15-18,20-22,27-30H2,1-3H3,(H,56,58)(H,59,63)/t32-,40-,41+,50-/m1/s1. The average Bonchev–Trinajstić information content (AvgIpc) is 4.01. The fraction of sp³-hybridized carbons (Fsp3) is 0.500. The van der Waals surface area contributed by atoms with E-state index in [1.807, 2.05) is 4.72 Å². The van der Waals surface area contributed by atoms with Crippen LogP contribution in [0.4, 0.5) is 30.2 Å². The van der Waals surface area contributed by atoms with E-state index in [2.05, 4.69) is 63.2 Å². The van der Waals surface area contributed by atoms with E-state index in [0.29, 0.717) is 67.8 Å². The lowest BCUT2D eigenvalue weighted by Gasteiger charge is -2.56. The molecule has 3 aromatic carbocycles. The molecule has 2 saturated carbocycles. The van der Waals surface area contributed by atoms with Crippen molar-refractivity contribution in [3.05, 3.63) is 99.7 Å². The van der Waals surface area contributed by atoms with Gasteiger partial charge in [-0.15, -0.1) is 0 Å². The van der Waals surface area contributed by atoms with Crippen LogP contribution in [0.25, 0.3) is 11.0 Å². The lowest BCUT2D eigenvalue weighted by Crippen LogP contribution is -2.54. The molecule has 5 aliphatic rings. The minimum Gasteiger partial charge on any atom is -0.489 e. The van der Waals surface area contributed by atoms with Crippen LogP contribution in [-0.2, 0) is 10.0 Å². The number of aliphatic hydroxyl groups is 1. The summed E-state index contributed by atoms with van der Waals surface area (Å²) < 4.78 is 88.0. The second kappa shape index (κ2) is 19.1. The Morgan fingerprint density at radius 2 is 1.76 bits per heavy atom. The van der Waals surface area contributed by atoms with E-state index in [1.165, 1.54) is 35.9 Å². The number of likely N-dealkylation sites (tertiary alicyclic amines) is 1. The molecule has 3 aliphatic heterocycles. The number of alkyl halides is 3. The number of benzene rings is 3. The third-order valence-electron chi connectivity index (χ3n) is 15.7. The van der Waals surface area contributed by atoms with Crippen molar-refractivity contribution in [2.75, 3.05) is 43.1 Å². The quantitative estimate of drug-likeness (QED) is 0.0642. The van der Waals surface area contributed by atoms with Gasteiger partial charge in [0.2, 0.25) is 0 Å². The number of halogens is 3. The Labute approximate surface area is 415 Å². The first-order valence-corrected chi connectivity index (χ1v) is 26.3. The predicted molar refractivity (Wildman–Crippen MR) is 264 cm³/mol. The lowest BCUT2D eigenvalue weighted by molar-refractivity contribution is -0.384. The number of pyridine rings is 1. The third kappa shape index (κ3) is 10.1. The maximum absolute atomic E-state index is 14.3. The second-order valence-corrected chi connectivity index (χ2v) is 22.7. The van der Waals surface area contributed by atoms with E-state index in [4.69, 9.17) is 14.2 Å². The zero-order chi connectivity index (χ0) is 50.7. The van der Waals surface area contributed by atoms with Gasteiger partial charge in [-0.25, -0.2) is 13.1 Å². The molecule has 0 bridgehead atoms. The number of piperidine rings is 1. The molecule has 1 spiro atoms. The van der Waals surface area contributed by atoms with Crippen LogP contribution < -0.4 is 29.1 Å². The van der Waals surface area contributed by atoms with Crippen molar-refractivity contribution in [2.45, 2.75) is 126 Å². The Hall–Kier alpha value is -6.12. The van der Waals surface area contributed by atoms with Gasteiger partial charge in [0.25, 0.3) is 27.5 Å². The number of nitro groups is 1. The third-order valence-corrected chi connectivity index (χ3v) is 17.1. The van der Waals surface area contributed by atoms with Crippen LogP contribution in [0.3, 0.4) is 0 Å². The van der Waals surface area contributed by atoms with Crippen molar-refractivity contribution < 1.29 is 50.6 Å². The van der Waals surface area contributed by atoms with Gasteiger partial charge >= 0.3 is 6.18 Å². The van der Waals surface area contributed by atoms with E-state index in [0.717, 1.165) is 50.8 Å². The number of H-pyrrole nitrogens is 1. The molecular formula is C52H60F3N7O9S. The summed E-state index contributed by atoms with van der Waals surface area (Å²) in [6.07, 6.45) is 5.59. The summed E-state index contributed by atoms with van der Waals surface area (Å²) in [5.74, 6) is -1.75. The van der Waals surface area contributed by atoms with Crippen LogP contribution in [0.1, 0.15) is 118 Å². The van der Waals surface area contributed by atoms with Gasteiger partial charge in [-0.2, -0.15) is 18.2 Å². The highest BCUT2D eigenvalue weighted by Gasteiger charge is 2.50. The Bertz CT molecular complexity index is 2980. The van der Waals surface area contributed by atoms with Gasteiger partial charge in [-0.1, -0.05) is 38.1 Å². The van der Waals surface area contributed by atoms with Gasteiger partial charge in [0.1, 0.15) is 18.0 Å². The number of amides is 1. The molecule has 2 saturated heterocycles. The van der Waals surface area contributed by atoms with E-state index in [9.17, 15) is 41.6 Å². The minimum atomic E-state index is -4.84. The van der Waals surface area contributed by atoms with Gasteiger partial charge in [-0.3, -0.25) is 19.8 Å². The van der Waals surface area contributed by atoms with Gasteiger partial charge in [0, 0.05) is 60.6 Å². The van der Waals surface area contributed by atoms with Gasteiger partial charge < -0.3 is 34.5 Å². The number of carbonyl (C=O) groups excluding carboxylic acids is 1. The van der Waals surface area contributed by atoms with Crippen molar-refractivity contribution in [3.63, 3.8) is 0 Å². The molecule has 72 heavy (non-hydrogen) atoms. The SMILES string of the molecule is CC(C)c1ccccc1[C@@H]1CCCN1C1CC2(CCN(c3ccc(C(=O)NS(=O)(=O)c4cc5c(c([N+](=O)[O-])c4)N[C@@H]([C@H]4CC[C@](C)(O)CC4)CO5)c(Oc4cc5cc[nH]c5nc4OCC(F)(F)F)c3)CC2)C1. The van der Waals surface area contributed by atoms with Crippen molar-refractivity contribution in [3.8, 4) is 23.1 Å². The summed E-state index contributed by atoms with van der Waals surface area (Å²) in [7, 11) is -4.84. The molecule has 5 aromatic rings. The second-order valence-electron chi connectivity index (χ2n) is 21.0. The molecule has 5 heterocycles. The van der Waals surface area contributed by atoms with Gasteiger partial charge in [0.15, 0.2) is 23.8 Å². The maximum Gasteiger partial charge on any atom is 0.422 e. The van der Waals surface area contributed by atoms with E-state index in [-0.39, 0.29) is 58.1 Å². The molecular weight excluding hydrogens is 956 g/mol. The van der Waals surface area contributed by atoms with Gasteiger partial charge in [0.05, 0.1) is 27.0 Å². The highest BCUT2D eigenvalue weighted by molar-refractivity contribution is 7.90. The van der Waals surface area contributed by atoms with Crippen LogP contribution >= 0.6 is 0 Å². The van der Waals surface area contributed by atoms with Crippen molar-refractivity contribution in [1.82, 2.24) is 19.6 Å². The molecule has 0 unspecified atom stereocenters. The van der Waals surface area contributed by atoms with Crippen LogP contribution in [0.2, 0.25) is 0 Å². The summed E-state index contributed by atoms with van der Waals surface area (Å²) in [6.45, 7) is 7.11. The first-order chi connectivity index (χ1) is 34.2. The van der Waals surface area contributed by atoms with E-state index >= 15 is 0 Å². The molecule has 4 N–H and O–H groups in total. The van der Waals surface area contributed by atoms with E-state index < -0.39 is 55.7 Å². The van der Waals surface area contributed by atoms with Crippen molar-refractivity contribution in [1.29, 1.82) is 0 Å². The number of anilines is 2. The molecule has 2 atom stereocenters.